The number of amides is 2. The van der Waals surface area contributed by atoms with E-state index >= 15 is 0 Å². The highest BCUT2D eigenvalue weighted by Crippen LogP contribution is 2.14. The van der Waals surface area contributed by atoms with Gasteiger partial charge < -0.3 is 26.6 Å². The van der Waals surface area contributed by atoms with Gasteiger partial charge in [-0.1, -0.05) is 60.7 Å². The number of hydrogen-bond acceptors (Lipinski definition) is 7. The molecule has 12 heteroatoms. The lowest BCUT2D eigenvalue weighted by Crippen LogP contribution is -2.52. The van der Waals surface area contributed by atoms with Gasteiger partial charge in [0, 0.05) is 6.42 Å². The SMILES string of the molecule is [2H]N(C(=O)CC[C@H](N)C(=O)O)[C@@H](CS(=O)(=O)Cc1ccccc1)C(=O)NC(C(=O)O)c1ccccc1. The largest absolute Gasteiger partial charge is 0.480 e. The highest BCUT2D eigenvalue weighted by atomic mass is 32.2. The number of aliphatic carboxylic acids is 2. The summed E-state index contributed by atoms with van der Waals surface area (Å²) in [6, 6.07) is 10.8. The first-order valence-corrected chi connectivity index (χ1v) is 12.3. The van der Waals surface area contributed by atoms with Gasteiger partial charge in [0.05, 0.1) is 11.5 Å². The van der Waals surface area contributed by atoms with Crippen molar-refractivity contribution in [2.75, 3.05) is 5.75 Å². The first kappa shape index (κ1) is 25.8. The molecule has 6 N–H and O–H groups in total. The highest BCUT2D eigenvalue weighted by Gasteiger charge is 2.31. The van der Waals surface area contributed by atoms with Crippen LogP contribution in [0.4, 0.5) is 0 Å². The Morgan fingerprint density at radius 3 is 2.06 bits per heavy atom. The minimum Gasteiger partial charge on any atom is -0.480 e. The molecule has 2 aromatic carbocycles. The summed E-state index contributed by atoms with van der Waals surface area (Å²) < 4.78 is 33.9. The summed E-state index contributed by atoms with van der Waals surface area (Å²) in [5.74, 6) is -6.47. The molecule has 0 heterocycles. The van der Waals surface area contributed by atoms with E-state index < -0.39 is 69.6 Å². The lowest BCUT2D eigenvalue weighted by Gasteiger charge is -2.22. The number of benzene rings is 2. The zero-order chi connectivity index (χ0) is 26.9. The fourth-order valence-corrected chi connectivity index (χ4v) is 4.64. The van der Waals surface area contributed by atoms with E-state index in [0.717, 1.165) is 0 Å². The monoisotopic (exact) mass is 506 g/mol. The smallest absolute Gasteiger partial charge is 0.330 e. The molecule has 0 fully saturated rings. The van der Waals surface area contributed by atoms with Crippen LogP contribution in [0.15, 0.2) is 60.7 Å². The summed E-state index contributed by atoms with van der Waals surface area (Å²) in [6.45, 7) is 0. The summed E-state index contributed by atoms with van der Waals surface area (Å²) in [7, 11) is -4.06. The van der Waals surface area contributed by atoms with E-state index in [-0.39, 0.29) is 17.3 Å². The van der Waals surface area contributed by atoms with Gasteiger partial charge in [0.1, 0.15) is 12.1 Å². The van der Waals surface area contributed by atoms with Crippen molar-refractivity contribution in [3.8, 4) is 0 Å². The van der Waals surface area contributed by atoms with Crippen molar-refractivity contribution >= 4 is 33.6 Å². The second kappa shape index (κ2) is 12.6. The molecule has 0 aliphatic heterocycles. The number of carboxylic acids is 2. The maximum atomic E-state index is 13.1. The third-order valence-corrected chi connectivity index (χ3v) is 6.49. The van der Waals surface area contributed by atoms with Crippen LogP contribution in [-0.4, -0.2) is 60.2 Å². The molecular formula is C23H27N3O8S. The second-order valence-electron chi connectivity index (χ2n) is 7.75. The lowest BCUT2D eigenvalue weighted by atomic mass is 10.1. The Bertz CT molecular complexity index is 1180. The molecular weight excluding hydrogens is 478 g/mol. The second-order valence-corrected chi connectivity index (χ2v) is 9.86. The Morgan fingerprint density at radius 1 is 0.943 bits per heavy atom. The average molecular weight is 507 g/mol. The molecule has 2 amide bonds. The molecule has 188 valence electrons. The van der Waals surface area contributed by atoms with Crippen LogP contribution in [0, 0.1) is 0 Å². The van der Waals surface area contributed by atoms with Gasteiger partial charge in [-0.05, 0) is 17.5 Å². The average Bonchev–Trinajstić information content (AvgIpc) is 2.84. The van der Waals surface area contributed by atoms with Crippen LogP contribution in [0.3, 0.4) is 0 Å². The van der Waals surface area contributed by atoms with Crippen molar-refractivity contribution in [1.82, 2.24) is 10.6 Å². The molecule has 0 aromatic heterocycles. The Hall–Kier alpha value is -3.77. The lowest BCUT2D eigenvalue weighted by molar-refractivity contribution is -0.142. The first-order valence-electron chi connectivity index (χ1n) is 11.0. The summed E-state index contributed by atoms with van der Waals surface area (Å²) in [6.07, 6.45) is -0.892. The molecule has 0 aliphatic rings. The molecule has 2 aromatic rings. The van der Waals surface area contributed by atoms with Gasteiger partial charge in [-0.15, -0.1) is 0 Å². The fraction of sp³-hybridized carbons (Fsp3) is 0.304. The zero-order valence-electron chi connectivity index (χ0n) is 19.6. The number of carbonyl (C=O) groups is 4. The Labute approximate surface area is 203 Å². The summed E-state index contributed by atoms with van der Waals surface area (Å²) in [4.78, 5) is 48.3. The Balaban J connectivity index is 2.30. The van der Waals surface area contributed by atoms with Gasteiger partial charge in [-0.3, -0.25) is 14.4 Å². The minimum absolute atomic E-state index is 0.135. The minimum atomic E-state index is -4.06. The van der Waals surface area contributed by atoms with E-state index in [1.807, 2.05) is 0 Å². The number of nitrogens with one attached hydrogen (secondary N) is 2. The van der Waals surface area contributed by atoms with Crippen molar-refractivity contribution in [3.05, 3.63) is 71.8 Å². The van der Waals surface area contributed by atoms with Crippen LogP contribution >= 0.6 is 0 Å². The maximum absolute atomic E-state index is 13.1. The number of sulfone groups is 1. The van der Waals surface area contributed by atoms with E-state index in [1.54, 1.807) is 48.5 Å². The standard InChI is InChI=1S/C23H27N3O8S/c24-17(22(29)30)11-12-19(27)25-18(14-35(33,34)13-15-7-3-1-4-8-15)21(28)26-20(23(31)32)16-9-5-2-6-10-16/h1-10,17-18,20H,11-14,24H2,(H,25,27)(H,26,28)(H,29,30)(H,31,32)/t17-,18-,20?/m0/s1/i/hD. The summed E-state index contributed by atoms with van der Waals surface area (Å²) in [5.41, 5.74) is 5.99. The van der Waals surface area contributed by atoms with Gasteiger partial charge in [0.2, 0.25) is 11.8 Å². The van der Waals surface area contributed by atoms with E-state index in [2.05, 4.69) is 5.32 Å². The van der Waals surface area contributed by atoms with Crippen LogP contribution < -0.4 is 16.4 Å². The molecule has 0 spiro atoms. The highest BCUT2D eigenvalue weighted by molar-refractivity contribution is 7.90. The van der Waals surface area contributed by atoms with Crippen molar-refractivity contribution in [3.63, 3.8) is 0 Å². The predicted octanol–water partition coefficient (Wildman–Crippen LogP) is 0.220. The van der Waals surface area contributed by atoms with Crippen LogP contribution in [0.25, 0.3) is 0 Å². The molecule has 0 bridgehead atoms. The number of carbonyl (C=O) groups excluding carboxylic acids is 2. The van der Waals surface area contributed by atoms with Crippen molar-refractivity contribution in [1.29, 1.82) is 0 Å². The van der Waals surface area contributed by atoms with Crippen LogP contribution in [-0.2, 0) is 34.8 Å². The third-order valence-electron chi connectivity index (χ3n) is 4.90. The van der Waals surface area contributed by atoms with Crippen molar-refractivity contribution in [2.24, 2.45) is 5.73 Å². The number of rotatable bonds is 13. The van der Waals surface area contributed by atoms with Crippen molar-refractivity contribution in [2.45, 2.75) is 36.7 Å². The number of carboxylic acid groups (broad SMARTS) is 2. The molecule has 0 saturated carbocycles. The molecule has 35 heavy (non-hydrogen) atoms. The number of hydrogen-bond donors (Lipinski definition) is 5. The number of nitrogens with two attached hydrogens (primary N) is 1. The zero-order valence-corrected chi connectivity index (χ0v) is 19.4. The first-order chi connectivity index (χ1) is 16.9. The van der Waals surface area contributed by atoms with Gasteiger partial charge >= 0.3 is 11.9 Å². The normalized spacial score (nSPS) is 14.1. The predicted molar refractivity (Wildman–Crippen MR) is 126 cm³/mol. The summed E-state index contributed by atoms with van der Waals surface area (Å²) >= 11 is 0. The Kier molecular flexibility index (Phi) is 9.32. The van der Waals surface area contributed by atoms with E-state index in [9.17, 15) is 32.7 Å². The molecule has 11 nitrogen and oxygen atoms in total. The van der Waals surface area contributed by atoms with Gasteiger partial charge in [-0.2, -0.15) is 0 Å². The van der Waals surface area contributed by atoms with Crippen LogP contribution in [0.1, 0.15) is 30.0 Å². The topological polar surface area (TPSA) is 193 Å². The molecule has 3 atom stereocenters. The van der Waals surface area contributed by atoms with Crippen molar-refractivity contribution < 1.29 is 39.2 Å². The quantitative estimate of drug-likeness (QED) is 0.253. The van der Waals surface area contributed by atoms with Crippen LogP contribution in [0.2, 0.25) is 1.41 Å². The molecule has 0 radical (unpaired) electrons. The van der Waals surface area contributed by atoms with E-state index in [1.165, 1.54) is 12.1 Å². The van der Waals surface area contributed by atoms with E-state index in [4.69, 9.17) is 12.3 Å². The summed E-state index contributed by atoms with van der Waals surface area (Å²) in [5, 5.41) is 20.8. The van der Waals surface area contributed by atoms with Gasteiger partial charge in [-0.25, -0.2) is 13.2 Å². The fourth-order valence-electron chi connectivity index (χ4n) is 3.11. The van der Waals surface area contributed by atoms with Gasteiger partial charge in [0.15, 0.2) is 17.3 Å². The third kappa shape index (κ3) is 9.18. The Morgan fingerprint density at radius 2 is 1.51 bits per heavy atom. The van der Waals surface area contributed by atoms with Crippen LogP contribution in [0.5, 0.6) is 0 Å². The van der Waals surface area contributed by atoms with E-state index in [0.29, 0.717) is 5.56 Å². The molecule has 0 saturated heterocycles. The van der Waals surface area contributed by atoms with Gasteiger partial charge in [0.25, 0.3) is 0 Å². The molecule has 1 unspecified atom stereocenters. The maximum Gasteiger partial charge on any atom is 0.330 e. The molecule has 0 aliphatic carbocycles. The molecule has 2 rings (SSSR count).